The molecule has 1 unspecified atom stereocenters. The van der Waals surface area contributed by atoms with Crippen LogP contribution in [-0.4, -0.2) is 16.8 Å². The number of cyclic esters (lactones) is 1. The number of aliphatic hydroxyl groups excluding tert-OH is 1. The average molecular weight is 340 g/mol. The molecule has 0 spiro atoms. The molecule has 0 aliphatic carbocycles. The van der Waals surface area contributed by atoms with Crippen molar-refractivity contribution >= 4 is 17.7 Å². The van der Waals surface area contributed by atoms with E-state index < -0.39 is 12.1 Å². The van der Waals surface area contributed by atoms with E-state index in [1.54, 1.807) is 0 Å². The third-order valence-electron chi connectivity index (χ3n) is 3.95. The molecule has 0 aromatic heterocycles. The number of thioether (sulfide) groups is 1. The first-order valence-corrected chi connectivity index (χ1v) is 9.07. The lowest BCUT2D eigenvalue weighted by Crippen LogP contribution is -2.20. The molecule has 0 radical (unpaired) electrons. The second-order valence-electron chi connectivity index (χ2n) is 5.72. The van der Waals surface area contributed by atoms with E-state index >= 15 is 0 Å². The van der Waals surface area contributed by atoms with Crippen LogP contribution in [0.1, 0.15) is 30.1 Å². The van der Waals surface area contributed by atoms with Crippen molar-refractivity contribution in [2.45, 2.75) is 25.4 Å². The molecule has 2 aromatic rings. The van der Waals surface area contributed by atoms with Crippen LogP contribution in [0.4, 0.5) is 0 Å². The van der Waals surface area contributed by atoms with E-state index in [0.29, 0.717) is 11.3 Å². The number of esters is 1. The third kappa shape index (κ3) is 4.20. The summed E-state index contributed by atoms with van der Waals surface area (Å²) in [5.74, 6) is 0.501. The Kier molecular flexibility index (Phi) is 5.59. The largest absolute Gasteiger partial charge is 0.511 e. The second-order valence-corrected chi connectivity index (χ2v) is 6.83. The van der Waals surface area contributed by atoms with Gasteiger partial charge in [0.2, 0.25) is 0 Å². The first-order valence-electron chi connectivity index (χ1n) is 8.09. The van der Waals surface area contributed by atoms with Gasteiger partial charge in [-0.2, -0.15) is 0 Å². The lowest BCUT2D eigenvalue weighted by molar-refractivity contribution is -0.146. The highest BCUT2D eigenvalue weighted by atomic mass is 32.2. The predicted octanol–water partition coefficient (Wildman–Crippen LogP) is 4.81. The van der Waals surface area contributed by atoms with E-state index in [2.05, 4.69) is 12.1 Å². The van der Waals surface area contributed by atoms with Crippen molar-refractivity contribution in [3.05, 3.63) is 82.5 Å². The summed E-state index contributed by atoms with van der Waals surface area (Å²) < 4.78 is 5.49. The number of hydrogen-bond donors (Lipinski definition) is 1. The van der Waals surface area contributed by atoms with Gasteiger partial charge in [0.25, 0.3) is 0 Å². The first kappa shape index (κ1) is 16.7. The molecule has 4 heteroatoms. The standard InChI is InChI=1S/C20H20O3S/c21-17-14-18(16-11-5-2-6-12-16)23-20(22)19(17)24-13-7-10-15-8-3-1-4-9-15/h1-6,8-9,11-12,18,21H,7,10,13-14H2. The summed E-state index contributed by atoms with van der Waals surface area (Å²) in [6.07, 6.45) is 1.86. The highest BCUT2D eigenvalue weighted by Crippen LogP contribution is 2.35. The number of ether oxygens (including phenoxy) is 1. The summed E-state index contributed by atoms with van der Waals surface area (Å²) in [7, 11) is 0. The number of hydrogen-bond acceptors (Lipinski definition) is 4. The minimum absolute atomic E-state index is 0.143. The number of rotatable bonds is 6. The fourth-order valence-corrected chi connectivity index (χ4v) is 3.61. The summed E-state index contributed by atoms with van der Waals surface area (Å²) in [5.41, 5.74) is 2.19. The molecule has 0 amide bonds. The molecule has 0 fully saturated rings. The Morgan fingerprint density at radius 2 is 1.71 bits per heavy atom. The second kappa shape index (κ2) is 8.06. The molecule has 1 aliphatic rings. The van der Waals surface area contributed by atoms with Crippen LogP contribution in [-0.2, 0) is 16.0 Å². The first-order chi connectivity index (χ1) is 11.7. The van der Waals surface area contributed by atoms with Crippen molar-refractivity contribution in [3.8, 4) is 0 Å². The normalized spacial score (nSPS) is 17.7. The smallest absolute Gasteiger partial charge is 0.348 e. The van der Waals surface area contributed by atoms with E-state index in [1.165, 1.54) is 17.3 Å². The Morgan fingerprint density at radius 1 is 1.04 bits per heavy atom. The molecular formula is C20H20O3S. The Hall–Kier alpha value is -2.20. The number of carbonyl (C=O) groups is 1. The minimum Gasteiger partial charge on any atom is -0.511 e. The Morgan fingerprint density at radius 3 is 2.38 bits per heavy atom. The molecule has 24 heavy (non-hydrogen) atoms. The third-order valence-corrected chi connectivity index (χ3v) is 5.13. The van der Waals surface area contributed by atoms with E-state index in [9.17, 15) is 9.90 Å². The Bertz CT molecular complexity index is 710. The number of carbonyl (C=O) groups excluding carboxylic acids is 1. The summed E-state index contributed by atoms with van der Waals surface area (Å²) in [5, 5.41) is 10.2. The number of benzene rings is 2. The summed E-state index contributed by atoms with van der Waals surface area (Å²) in [6, 6.07) is 19.8. The zero-order chi connectivity index (χ0) is 16.8. The average Bonchev–Trinajstić information content (AvgIpc) is 2.62. The van der Waals surface area contributed by atoms with E-state index in [1.807, 2.05) is 48.5 Å². The van der Waals surface area contributed by atoms with Gasteiger partial charge in [-0.1, -0.05) is 60.7 Å². The van der Waals surface area contributed by atoms with Gasteiger partial charge in [-0.15, -0.1) is 11.8 Å². The predicted molar refractivity (Wildman–Crippen MR) is 96.8 cm³/mol. The van der Waals surface area contributed by atoms with Gasteiger partial charge in [0.05, 0.1) is 0 Å². The summed E-state index contributed by atoms with van der Waals surface area (Å²) >= 11 is 1.39. The highest BCUT2D eigenvalue weighted by Gasteiger charge is 2.30. The maximum atomic E-state index is 12.2. The van der Waals surface area contributed by atoms with Gasteiger partial charge < -0.3 is 9.84 Å². The molecule has 1 N–H and O–H groups in total. The van der Waals surface area contributed by atoms with Crippen molar-refractivity contribution in [2.75, 3.05) is 5.75 Å². The molecule has 2 aromatic carbocycles. The van der Waals surface area contributed by atoms with Crippen LogP contribution in [0.5, 0.6) is 0 Å². The monoisotopic (exact) mass is 340 g/mol. The zero-order valence-electron chi connectivity index (χ0n) is 13.4. The van der Waals surface area contributed by atoms with E-state index in [4.69, 9.17) is 4.74 Å². The van der Waals surface area contributed by atoms with Crippen molar-refractivity contribution < 1.29 is 14.6 Å². The van der Waals surface area contributed by atoms with Crippen LogP contribution in [0.3, 0.4) is 0 Å². The topological polar surface area (TPSA) is 46.5 Å². The maximum Gasteiger partial charge on any atom is 0.348 e. The maximum absolute atomic E-state index is 12.2. The van der Waals surface area contributed by atoms with Crippen LogP contribution in [0, 0.1) is 0 Å². The van der Waals surface area contributed by atoms with Crippen LogP contribution in [0.15, 0.2) is 71.3 Å². The van der Waals surface area contributed by atoms with Crippen LogP contribution in [0.2, 0.25) is 0 Å². The summed E-state index contributed by atoms with van der Waals surface area (Å²) in [4.78, 5) is 12.5. The quantitative estimate of drug-likeness (QED) is 0.605. The zero-order valence-corrected chi connectivity index (χ0v) is 14.2. The molecular weight excluding hydrogens is 320 g/mol. The fourth-order valence-electron chi connectivity index (χ4n) is 2.70. The van der Waals surface area contributed by atoms with Gasteiger partial charge in [-0.05, 0) is 29.7 Å². The fraction of sp³-hybridized carbons (Fsp3) is 0.250. The molecule has 1 heterocycles. The SMILES string of the molecule is O=C1OC(c2ccccc2)CC(O)=C1SCCCc1ccccc1. The van der Waals surface area contributed by atoms with Crippen molar-refractivity contribution in [3.63, 3.8) is 0 Å². The molecule has 124 valence electrons. The molecule has 1 aliphatic heterocycles. The van der Waals surface area contributed by atoms with Gasteiger partial charge in [0.15, 0.2) is 0 Å². The van der Waals surface area contributed by atoms with Gasteiger partial charge >= 0.3 is 5.97 Å². The van der Waals surface area contributed by atoms with Crippen molar-refractivity contribution in [2.24, 2.45) is 0 Å². The molecule has 0 bridgehead atoms. The Balaban J connectivity index is 1.55. The number of aryl methyl sites for hydroxylation is 1. The molecule has 0 saturated heterocycles. The number of aliphatic hydroxyl groups is 1. The molecule has 3 nitrogen and oxygen atoms in total. The molecule has 1 atom stereocenters. The summed E-state index contributed by atoms with van der Waals surface area (Å²) in [6.45, 7) is 0. The van der Waals surface area contributed by atoms with Gasteiger partial charge in [0.1, 0.15) is 16.8 Å². The lowest BCUT2D eigenvalue weighted by atomic mass is 10.0. The van der Waals surface area contributed by atoms with Crippen LogP contribution >= 0.6 is 11.8 Å². The van der Waals surface area contributed by atoms with Crippen LogP contribution in [0.25, 0.3) is 0 Å². The van der Waals surface area contributed by atoms with Gasteiger partial charge in [-0.3, -0.25) is 0 Å². The Labute approximate surface area is 146 Å². The van der Waals surface area contributed by atoms with Gasteiger partial charge in [-0.25, -0.2) is 4.79 Å². The van der Waals surface area contributed by atoms with Gasteiger partial charge in [0, 0.05) is 6.42 Å². The highest BCUT2D eigenvalue weighted by molar-refractivity contribution is 8.04. The van der Waals surface area contributed by atoms with Crippen molar-refractivity contribution in [1.82, 2.24) is 0 Å². The molecule has 0 saturated carbocycles. The lowest BCUT2D eigenvalue weighted by Gasteiger charge is -2.24. The van der Waals surface area contributed by atoms with E-state index in [0.717, 1.165) is 24.2 Å². The van der Waals surface area contributed by atoms with Crippen molar-refractivity contribution in [1.29, 1.82) is 0 Å². The van der Waals surface area contributed by atoms with Crippen LogP contribution < -0.4 is 0 Å². The minimum atomic E-state index is -0.419. The molecule has 3 rings (SSSR count). The van der Waals surface area contributed by atoms with E-state index in [-0.39, 0.29) is 5.76 Å².